The van der Waals surface area contributed by atoms with E-state index in [2.05, 4.69) is 80.3 Å². The van der Waals surface area contributed by atoms with Crippen LogP contribution in [0.2, 0.25) is 0 Å². The third-order valence-electron chi connectivity index (χ3n) is 2.89. The Morgan fingerprint density at radius 2 is 2.05 bits per heavy atom. The molecule has 0 saturated heterocycles. The first-order valence-electron chi connectivity index (χ1n) is 6.22. The van der Waals surface area contributed by atoms with E-state index in [4.69, 9.17) is 0 Å². The molecule has 1 aromatic carbocycles. The summed E-state index contributed by atoms with van der Waals surface area (Å²) in [5.74, 6) is 0. The third kappa shape index (κ3) is 3.65. The number of aromatic nitrogens is 1. The summed E-state index contributed by atoms with van der Waals surface area (Å²) < 4.78 is 1.98. The molecule has 1 atom stereocenters. The van der Waals surface area contributed by atoms with Crippen LogP contribution >= 0.6 is 31.9 Å². The summed E-state index contributed by atoms with van der Waals surface area (Å²) in [6, 6.07) is 10.7. The topological polar surface area (TPSA) is 24.9 Å². The average Bonchev–Trinajstić information content (AvgIpc) is 2.37. The lowest BCUT2D eigenvalue weighted by molar-refractivity contribution is 0.612. The minimum absolute atomic E-state index is 0.104. The molecule has 0 fully saturated rings. The van der Waals surface area contributed by atoms with Crippen molar-refractivity contribution in [3.8, 4) is 0 Å². The summed E-state index contributed by atoms with van der Waals surface area (Å²) in [4.78, 5) is 4.55. The van der Waals surface area contributed by atoms with E-state index in [1.54, 1.807) is 0 Å². The second-order valence-corrected chi connectivity index (χ2v) is 6.20. The van der Waals surface area contributed by atoms with Crippen LogP contribution in [0.25, 0.3) is 0 Å². The average molecular weight is 384 g/mol. The van der Waals surface area contributed by atoms with Crippen LogP contribution in [0.4, 0.5) is 0 Å². The highest BCUT2D eigenvalue weighted by molar-refractivity contribution is 9.11. The molecule has 1 heterocycles. The minimum atomic E-state index is 0.104. The number of rotatable bonds is 4. The molecule has 0 aliphatic carbocycles. The molecular weight excluding hydrogens is 368 g/mol. The lowest BCUT2D eigenvalue weighted by atomic mass is 10.0. The molecular formula is C15H16Br2N2. The second kappa shape index (κ2) is 6.64. The Morgan fingerprint density at radius 3 is 2.68 bits per heavy atom. The van der Waals surface area contributed by atoms with Crippen LogP contribution < -0.4 is 5.32 Å². The van der Waals surface area contributed by atoms with Crippen molar-refractivity contribution >= 4 is 31.9 Å². The van der Waals surface area contributed by atoms with E-state index in [0.717, 1.165) is 21.2 Å². The summed E-state index contributed by atoms with van der Waals surface area (Å²) in [6.45, 7) is 5.11. The first kappa shape index (κ1) is 14.7. The maximum Gasteiger partial charge on any atom is 0.0763 e. The molecule has 0 aliphatic rings. The maximum absolute atomic E-state index is 4.55. The lowest BCUT2D eigenvalue weighted by Crippen LogP contribution is -2.23. The zero-order valence-electron chi connectivity index (χ0n) is 11.0. The van der Waals surface area contributed by atoms with Crippen LogP contribution in [0, 0.1) is 6.92 Å². The number of benzene rings is 1. The first-order valence-corrected chi connectivity index (χ1v) is 7.81. The monoisotopic (exact) mass is 382 g/mol. The van der Waals surface area contributed by atoms with Crippen molar-refractivity contribution in [1.82, 2.24) is 10.3 Å². The van der Waals surface area contributed by atoms with Gasteiger partial charge in [-0.05, 0) is 57.0 Å². The molecule has 0 bridgehead atoms. The molecule has 2 rings (SSSR count). The fourth-order valence-electron chi connectivity index (χ4n) is 2.06. The highest BCUT2D eigenvalue weighted by Crippen LogP contribution is 2.29. The molecule has 0 radical (unpaired) electrons. The summed E-state index contributed by atoms with van der Waals surface area (Å²) in [5.41, 5.74) is 3.50. The van der Waals surface area contributed by atoms with Gasteiger partial charge in [-0.15, -0.1) is 0 Å². The molecule has 1 aromatic heterocycles. The highest BCUT2D eigenvalue weighted by atomic mass is 79.9. The van der Waals surface area contributed by atoms with Gasteiger partial charge in [0.2, 0.25) is 0 Å². The Bertz CT molecular complexity index is 570. The Hall–Kier alpha value is -0.710. The lowest BCUT2D eigenvalue weighted by Gasteiger charge is -2.19. The fourth-order valence-corrected chi connectivity index (χ4v) is 3.28. The number of halogens is 2. The second-order valence-electron chi connectivity index (χ2n) is 4.43. The van der Waals surface area contributed by atoms with Gasteiger partial charge in [-0.1, -0.05) is 36.8 Å². The number of hydrogen-bond donors (Lipinski definition) is 1. The number of aryl methyl sites for hydroxylation is 1. The summed E-state index contributed by atoms with van der Waals surface area (Å²) >= 11 is 7.04. The molecule has 0 aliphatic heterocycles. The SMILES string of the molecule is CCNC(c1cccc(C)c1)c1ncc(Br)cc1Br. The smallest absolute Gasteiger partial charge is 0.0763 e. The molecule has 0 saturated carbocycles. The van der Waals surface area contributed by atoms with Gasteiger partial charge in [-0.25, -0.2) is 0 Å². The van der Waals surface area contributed by atoms with Gasteiger partial charge in [-0.3, -0.25) is 4.98 Å². The molecule has 1 N–H and O–H groups in total. The number of hydrogen-bond acceptors (Lipinski definition) is 2. The molecule has 4 heteroatoms. The Kier molecular flexibility index (Phi) is 5.13. The quantitative estimate of drug-likeness (QED) is 0.833. The van der Waals surface area contributed by atoms with Crippen molar-refractivity contribution < 1.29 is 0 Å². The molecule has 100 valence electrons. The van der Waals surface area contributed by atoms with Crippen LogP contribution in [0.3, 0.4) is 0 Å². The molecule has 2 nitrogen and oxygen atoms in total. The van der Waals surface area contributed by atoms with Crippen LogP contribution in [-0.4, -0.2) is 11.5 Å². The Morgan fingerprint density at radius 1 is 1.26 bits per heavy atom. The van der Waals surface area contributed by atoms with Crippen LogP contribution in [0.5, 0.6) is 0 Å². The first-order chi connectivity index (χ1) is 9.11. The van der Waals surface area contributed by atoms with E-state index in [9.17, 15) is 0 Å². The highest BCUT2D eigenvalue weighted by Gasteiger charge is 2.17. The van der Waals surface area contributed by atoms with E-state index in [1.165, 1.54) is 11.1 Å². The molecule has 0 spiro atoms. The standard InChI is InChI=1S/C15H16Br2N2/c1-3-18-14(11-6-4-5-10(2)7-11)15-13(17)8-12(16)9-19-15/h4-9,14,18H,3H2,1-2H3. The Labute approximate surface area is 130 Å². The number of pyridine rings is 1. The van der Waals surface area contributed by atoms with E-state index >= 15 is 0 Å². The van der Waals surface area contributed by atoms with Crippen molar-refractivity contribution in [1.29, 1.82) is 0 Å². The van der Waals surface area contributed by atoms with E-state index in [1.807, 2.05) is 12.3 Å². The van der Waals surface area contributed by atoms with Crippen LogP contribution in [0.15, 0.2) is 45.5 Å². The van der Waals surface area contributed by atoms with Gasteiger partial charge in [0.1, 0.15) is 0 Å². The molecule has 2 aromatic rings. The normalized spacial score (nSPS) is 12.4. The van der Waals surface area contributed by atoms with Gasteiger partial charge in [0, 0.05) is 15.1 Å². The van der Waals surface area contributed by atoms with Gasteiger partial charge in [0.15, 0.2) is 0 Å². The van der Waals surface area contributed by atoms with Crippen LogP contribution in [-0.2, 0) is 0 Å². The van der Waals surface area contributed by atoms with E-state index in [0.29, 0.717) is 0 Å². The van der Waals surface area contributed by atoms with Gasteiger partial charge >= 0.3 is 0 Å². The van der Waals surface area contributed by atoms with Gasteiger partial charge in [0.25, 0.3) is 0 Å². The van der Waals surface area contributed by atoms with Gasteiger partial charge in [-0.2, -0.15) is 0 Å². The van der Waals surface area contributed by atoms with E-state index in [-0.39, 0.29) is 6.04 Å². The minimum Gasteiger partial charge on any atom is -0.305 e. The maximum atomic E-state index is 4.55. The van der Waals surface area contributed by atoms with Crippen LogP contribution in [0.1, 0.15) is 29.8 Å². The third-order valence-corrected chi connectivity index (χ3v) is 3.96. The summed E-state index contributed by atoms with van der Waals surface area (Å²) in [5, 5.41) is 3.49. The predicted octanol–water partition coefficient (Wildman–Crippen LogP) is 4.61. The molecule has 19 heavy (non-hydrogen) atoms. The van der Waals surface area contributed by atoms with E-state index < -0.39 is 0 Å². The van der Waals surface area contributed by atoms with Crippen molar-refractivity contribution in [3.63, 3.8) is 0 Å². The van der Waals surface area contributed by atoms with Gasteiger partial charge < -0.3 is 5.32 Å². The van der Waals surface area contributed by atoms with Crippen molar-refractivity contribution in [2.24, 2.45) is 0 Å². The molecule has 0 amide bonds. The van der Waals surface area contributed by atoms with Crippen molar-refractivity contribution in [3.05, 3.63) is 62.3 Å². The summed E-state index contributed by atoms with van der Waals surface area (Å²) in [7, 11) is 0. The van der Waals surface area contributed by atoms with Gasteiger partial charge in [0.05, 0.1) is 11.7 Å². The summed E-state index contributed by atoms with van der Waals surface area (Å²) in [6.07, 6.45) is 1.83. The van der Waals surface area contributed by atoms with Crippen molar-refractivity contribution in [2.45, 2.75) is 19.9 Å². The zero-order chi connectivity index (χ0) is 13.8. The Balaban J connectivity index is 2.45. The fraction of sp³-hybridized carbons (Fsp3) is 0.267. The predicted molar refractivity (Wildman–Crippen MR) is 86.3 cm³/mol. The number of nitrogens with one attached hydrogen (secondary N) is 1. The largest absolute Gasteiger partial charge is 0.305 e. The van der Waals surface area contributed by atoms with Crippen molar-refractivity contribution in [2.75, 3.05) is 6.54 Å². The number of nitrogens with zero attached hydrogens (tertiary/aromatic N) is 1. The molecule has 1 unspecified atom stereocenters. The zero-order valence-corrected chi connectivity index (χ0v) is 14.1.